The highest BCUT2D eigenvalue weighted by atomic mass is 16.8. The van der Waals surface area contributed by atoms with E-state index in [9.17, 15) is 0 Å². The molecule has 3 aliphatic rings. The van der Waals surface area contributed by atoms with Crippen LogP contribution in [0.1, 0.15) is 27.7 Å². The lowest BCUT2D eigenvalue weighted by Crippen LogP contribution is -2.64. The van der Waals surface area contributed by atoms with Crippen molar-refractivity contribution in [1.82, 2.24) is 0 Å². The van der Waals surface area contributed by atoms with Crippen molar-refractivity contribution in [3.8, 4) is 0 Å². The van der Waals surface area contributed by atoms with Gasteiger partial charge in [0.25, 0.3) is 0 Å². The average molecular weight is 298 g/mol. The van der Waals surface area contributed by atoms with Crippen LogP contribution in [-0.4, -0.2) is 48.9 Å². The number of hydrogen-bond donors (Lipinski definition) is 0. The third-order valence-corrected chi connectivity index (χ3v) is 3.73. The van der Waals surface area contributed by atoms with Crippen LogP contribution < -0.4 is 0 Å². The standard InChI is InChI=1S/C15H22O6/c1-6-7-16-11-10-9(8-17-14(2,3)19-10)18-13-12(11)20-15(4,5)21-13/h7,9-13H,1,8H2,2-5H3/t9-,10-,11+,12-,13-/m1/s1. The summed E-state index contributed by atoms with van der Waals surface area (Å²) in [6, 6.07) is 0. The van der Waals surface area contributed by atoms with Gasteiger partial charge in [-0.25, -0.2) is 0 Å². The van der Waals surface area contributed by atoms with Gasteiger partial charge in [0.2, 0.25) is 0 Å². The average Bonchev–Trinajstić information content (AvgIpc) is 2.68. The summed E-state index contributed by atoms with van der Waals surface area (Å²) in [5.41, 5.74) is 2.61. The van der Waals surface area contributed by atoms with Crippen LogP contribution in [0.2, 0.25) is 0 Å². The molecule has 0 aliphatic carbocycles. The van der Waals surface area contributed by atoms with Crippen molar-refractivity contribution >= 4 is 0 Å². The summed E-state index contributed by atoms with van der Waals surface area (Å²) in [7, 11) is 0. The zero-order valence-corrected chi connectivity index (χ0v) is 12.8. The van der Waals surface area contributed by atoms with Gasteiger partial charge in [-0.05, 0) is 27.7 Å². The molecule has 0 saturated carbocycles. The van der Waals surface area contributed by atoms with Gasteiger partial charge in [0.05, 0.1) is 6.61 Å². The summed E-state index contributed by atoms with van der Waals surface area (Å²) in [5, 5.41) is 0. The van der Waals surface area contributed by atoms with Gasteiger partial charge < -0.3 is 28.4 Å². The van der Waals surface area contributed by atoms with Gasteiger partial charge in [-0.15, -0.1) is 0 Å². The van der Waals surface area contributed by atoms with Crippen LogP contribution in [0, 0.1) is 0 Å². The summed E-state index contributed by atoms with van der Waals surface area (Å²) in [6.07, 6.45) is -0.396. The minimum atomic E-state index is -0.724. The lowest BCUT2D eigenvalue weighted by molar-refractivity contribution is -0.365. The van der Waals surface area contributed by atoms with Crippen LogP contribution in [0.25, 0.3) is 0 Å². The molecule has 3 rings (SSSR count). The molecule has 0 N–H and O–H groups in total. The number of rotatable bonds is 2. The van der Waals surface area contributed by atoms with Crippen LogP contribution in [0.15, 0.2) is 18.6 Å². The smallest absolute Gasteiger partial charge is 0.191 e. The Hall–Kier alpha value is -0.880. The fraction of sp³-hybridized carbons (Fsp3) is 0.800. The molecule has 0 aromatic heterocycles. The number of ether oxygens (including phenoxy) is 6. The topological polar surface area (TPSA) is 55.4 Å². The first kappa shape index (κ1) is 15.0. The molecular weight excluding hydrogens is 276 g/mol. The molecule has 0 amide bonds. The van der Waals surface area contributed by atoms with Gasteiger partial charge in [0, 0.05) is 0 Å². The van der Waals surface area contributed by atoms with Gasteiger partial charge in [-0.1, -0.05) is 12.3 Å². The van der Waals surface area contributed by atoms with Crippen molar-refractivity contribution in [2.75, 3.05) is 6.61 Å². The van der Waals surface area contributed by atoms with E-state index in [0.717, 1.165) is 0 Å². The molecule has 3 aliphatic heterocycles. The van der Waals surface area contributed by atoms with Crippen molar-refractivity contribution in [3.05, 3.63) is 18.6 Å². The fourth-order valence-corrected chi connectivity index (χ4v) is 2.94. The van der Waals surface area contributed by atoms with E-state index < -0.39 is 17.9 Å². The van der Waals surface area contributed by atoms with Crippen LogP contribution in [0.5, 0.6) is 0 Å². The van der Waals surface area contributed by atoms with Gasteiger partial charge in [0.15, 0.2) is 30.1 Å². The van der Waals surface area contributed by atoms with E-state index in [0.29, 0.717) is 6.61 Å². The first-order chi connectivity index (χ1) is 9.81. The van der Waals surface area contributed by atoms with Gasteiger partial charge in [0.1, 0.15) is 18.5 Å². The molecule has 118 valence electrons. The third-order valence-electron chi connectivity index (χ3n) is 3.73. The van der Waals surface area contributed by atoms with Crippen molar-refractivity contribution < 1.29 is 28.4 Å². The van der Waals surface area contributed by atoms with E-state index in [-0.39, 0.29) is 24.4 Å². The highest BCUT2D eigenvalue weighted by Crippen LogP contribution is 2.41. The molecule has 3 heterocycles. The van der Waals surface area contributed by atoms with Gasteiger partial charge in [-0.2, -0.15) is 0 Å². The highest BCUT2D eigenvalue weighted by molar-refractivity contribution is 4.99. The summed E-state index contributed by atoms with van der Waals surface area (Å²) in [6.45, 7) is 11.4. The normalized spacial score (nSPS) is 43.3. The molecule has 5 atom stereocenters. The van der Waals surface area contributed by atoms with Crippen LogP contribution >= 0.6 is 0 Å². The second kappa shape index (κ2) is 5.09. The maximum absolute atomic E-state index is 5.99. The predicted molar refractivity (Wildman–Crippen MR) is 72.2 cm³/mol. The van der Waals surface area contributed by atoms with Crippen LogP contribution in [0.4, 0.5) is 0 Å². The fourth-order valence-electron chi connectivity index (χ4n) is 2.94. The molecule has 6 heteroatoms. The molecule has 0 aromatic carbocycles. The minimum Gasteiger partial charge on any atom is -0.484 e. The van der Waals surface area contributed by atoms with E-state index in [1.54, 1.807) is 0 Å². The van der Waals surface area contributed by atoms with Gasteiger partial charge >= 0.3 is 0 Å². The number of fused-ring (bicyclic) bond motifs is 2. The van der Waals surface area contributed by atoms with Gasteiger partial charge in [-0.3, -0.25) is 0 Å². The van der Waals surface area contributed by atoms with Crippen molar-refractivity contribution in [3.63, 3.8) is 0 Å². The van der Waals surface area contributed by atoms with Crippen molar-refractivity contribution in [1.29, 1.82) is 0 Å². The monoisotopic (exact) mass is 298 g/mol. The molecule has 0 bridgehead atoms. The molecular formula is C15H22O6. The van der Waals surface area contributed by atoms with Crippen molar-refractivity contribution in [2.24, 2.45) is 0 Å². The van der Waals surface area contributed by atoms with E-state index in [1.165, 1.54) is 6.26 Å². The molecule has 21 heavy (non-hydrogen) atoms. The Labute approximate surface area is 124 Å². The molecule has 0 spiro atoms. The Kier molecular flexibility index (Phi) is 3.64. The first-order valence-electron chi connectivity index (χ1n) is 7.14. The molecule has 0 unspecified atom stereocenters. The quantitative estimate of drug-likeness (QED) is 0.571. The lowest BCUT2D eigenvalue weighted by Gasteiger charge is -2.48. The van der Waals surface area contributed by atoms with E-state index in [1.807, 2.05) is 27.7 Å². The van der Waals surface area contributed by atoms with E-state index >= 15 is 0 Å². The third kappa shape index (κ3) is 2.88. The van der Waals surface area contributed by atoms with Crippen LogP contribution in [-0.2, 0) is 28.4 Å². The largest absolute Gasteiger partial charge is 0.484 e. The zero-order chi connectivity index (χ0) is 15.3. The summed E-state index contributed by atoms with van der Waals surface area (Å²) in [5.74, 6) is -1.41. The SMILES string of the molecule is C=C=CO[C@@H]1[C@H]2OC(C)(C)O[C@H]2O[C@@H]2COC(C)(C)O[C@@H]12. The minimum absolute atomic E-state index is 0.264. The Balaban J connectivity index is 1.86. The molecule has 0 radical (unpaired) electrons. The predicted octanol–water partition coefficient (Wildman–Crippen LogP) is 1.70. The van der Waals surface area contributed by atoms with E-state index in [2.05, 4.69) is 12.3 Å². The van der Waals surface area contributed by atoms with Crippen molar-refractivity contribution in [2.45, 2.75) is 70.0 Å². The Morgan fingerprint density at radius 3 is 2.52 bits per heavy atom. The maximum atomic E-state index is 5.99. The molecule has 6 nitrogen and oxygen atoms in total. The van der Waals surface area contributed by atoms with Crippen LogP contribution in [0.3, 0.4) is 0 Å². The highest BCUT2D eigenvalue weighted by Gasteiger charge is 2.58. The lowest BCUT2D eigenvalue weighted by atomic mass is 9.97. The maximum Gasteiger partial charge on any atom is 0.191 e. The zero-order valence-electron chi connectivity index (χ0n) is 12.8. The second-order valence-corrected chi connectivity index (χ2v) is 6.36. The Morgan fingerprint density at radius 2 is 1.81 bits per heavy atom. The van der Waals surface area contributed by atoms with E-state index in [4.69, 9.17) is 28.4 Å². The summed E-state index contributed by atoms with van der Waals surface area (Å²) in [4.78, 5) is 0. The Bertz CT molecular complexity index is 451. The first-order valence-corrected chi connectivity index (χ1v) is 7.14. The second-order valence-electron chi connectivity index (χ2n) is 6.36. The summed E-state index contributed by atoms with van der Waals surface area (Å²) >= 11 is 0. The molecule has 3 fully saturated rings. The number of hydrogen-bond acceptors (Lipinski definition) is 6. The molecule has 0 aromatic rings. The summed E-state index contributed by atoms with van der Waals surface area (Å²) < 4.78 is 35.0. The Morgan fingerprint density at radius 1 is 1.10 bits per heavy atom. The molecule has 3 saturated heterocycles.